The van der Waals surface area contributed by atoms with Gasteiger partial charge >= 0.3 is 5.97 Å². The van der Waals surface area contributed by atoms with Gasteiger partial charge in [-0.25, -0.2) is 19.2 Å². The number of esters is 1. The largest absolute Gasteiger partial charge is 0.456 e. The van der Waals surface area contributed by atoms with Crippen LogP contribution in [0.1, 0.15) is 55.3 Å². The molecule has 4 rings (SSSR count). The predicted octanol–water partition coefficient (Wildman–Crippen LogP) is 5.97. The van der Waals surface area contributed by atoms with E-state index in [1.165, 1.54) is 31.4 Å². The van der Waals surface area contributed by atoms with Crippen molar-refractivity contribution in [2.75, 3.05) is 17.2 Å². The van der Waals surface area contributed by atoms with Gasteiger partial charge < -0.3 is 25.8 Å². The van der Waals surface area contributed by atoms with Crippen molar-refractivity contribution in [3.63, 3.8) is 0 Å². The molecule has 4 N–H and O–H groups in total. The summed E-state index contributed by atoms with van der Waals surface area (Å²) in [5, 5.41) is 18.8. The molecular weight excluding hydrogens is 533 g/mol. The van der Waals surface area contributed by atoms with Gasteiger partial charge in [-0.15, -0.1) is 11.3 Å². The summed E-state index contributed by atoms with van der Waals surface area (Å²) in [7, 11) is 0. The number of rotatable bonds is 9. The van der Waals surface area contributed by atoms with Crippen molar-refractivity contribution < 1.29 is 23.8 Å². The number of nitrogens with one attached hydrogen (secondary N) is 3. The lowest BCUT2D eigenvalue weighted by atomic mass is 10.0. The maximum atomic E-state index is 14.3. The molecule has 0 saturated heterocycles. The highest BCUT2D eigenvalue weighted by Crippen LogP contribution is 2.28. The minimum Gasteiger partial charge on any atom is -0.456 e. The molecule has 0 aliphatic heterocycles. The Balaban J connectivity index is 1.59. The second kappa shape index (κ2) is 11.6. The van der Waals surface area contributed by atoms with E-state index in [1.54, 1.807) is 56.6 Å². The number of hydrogen-bond donors (Lipinski definition) is 4. The van der Waals surface area contributed by atoms with E-state index in [4.69, 9.17) is 4.74 Å². The third kappa shape index (κ3) is 7.51. The van der Waals surface area contributed by atoms with Gasteiger partial charge in [0.2, 0.25) is 0 Å². The first-order chi connectivity index (χ1) is 18.8. The highest BCUT2D eigenvalue weighted by molar-refractivity contribution is 7.16. The van der Waals surface area contributed by atoms with Gasteiger partial charge in [0.05, 0.1) is 44.7 Å². The number of benzene rings is 2. The number of aromatic nitrogens is 2. The minimum absolute atomic E-state index is 0.169. The van der Waals surface area contributed by atoms with Crippen LogP contribution >= 0.6 is 11.3 Å². The zero-order chi connectivity index (χ0) is 29.1. The van der Waals surface area contributed by atoms with Gasteiger partial charge in [-0.1, -0.05) is 0 Å². The van der Waals surface area contributed by atoms with Gasteiger partial charge in [0, 0.05) is 23.6 Å². The number of thiazole rings is 1. The van der Waals surface area contributed by atoms with E-state index in [2.05, 4.69) is 25.9 Å². The Morgan fingerprint density at radius 1 is 1.00 bits per heavy atom. The highest BCUT2D eigenvalue weighted by Gasteiger charge is 2.27. The van der Waals surface area contributed by atoms with Crippen molar-refractivity contribution in [3.8, 4) is 0 Å². The number of anilines is 4. The molecule has 0 aliphatic rings. The molecule has 0 radical (unpaired) electrons. The number of fused-ring (bicyclic) bond motifs is 1. The second-order valence-electron chi connectivity index (χ2n) is 10.8. The molecule has 0 bridgehead atoms. The molecular formula is C29H32FN5O4S. The minimum atomic E-state index is -1.66. The average Bonchev–Trinajstić information content (AvgIpc) is 3.34. The Labute approximate surface area is 235 Å². The quantitative estimate of drug-likeness (QED) is 0.183. The summed E-state index contributed by atoms with van der Waals surface area (Å²) < 4.78 is 20.7. The lowest BCUT2D eigenvalue weighted by Gasteiger charge is -2.22. The van der Waals surface area contributed by atoms with Crippen LogP contribution in [0.4, 0.5) is 27.3 Å². The van der Waals surface area contributed by atoms with Gasteiger partial charge in [-0.2, -0.15) is 0 Å². The summed E-state index contributed by atoms with van der Waals surface area (Å²) in [5.41, 5.74) is 2.79. The highest BCUT2D eigenvalue weighted by atomic mass is 32.1. The zero-order valence-corrected chi connectivity index (χ0v) is 23.7. The lowest BCUT2D eigenvalue weighted by molar-refractivity contribution is -0.00182. The number of ether oxygens (including phenoxy) is 1. The molecule has 0 fully saturated rings. The van der Waals surface area contributed by atoms with E-state index in [0.717, 1.165) is 15.9 Å². The number of hydrogen-bond acceptors (Lipinski definition) is 9. The van der Waals surface area contributed by atoms with Gasteiger partial charge in [0.1, 0.15) is 17.6 Å². The van der Waals surface area contributed by atoms with Crippen LogP contribution in [-0.4, -0.2) is 50.9 Å². The molecule has 0 aliphatic carbocycles. The molecule has 210 valence electrons. The first-order valence-electron chi connectivity index (χ1n) is 12.6. The predicted molar refractivity (Wildman–Crippen MR) is 156 cm³/mol. The number of carbonyl (C=O) groups excluding carboxylic acids is 2. The molecule has 40 heavy (non-hydrogen) atoms. The average molecular weight is 566 g/mol. The fourth-order valence-corrected chi connectivity index (χ4v) is 4.31. The molecule has 0 saturated carbocycles. The number of carbonyl (C=O) groups is 2. The summed E-state index contributed by atoms with van der Waals surface area (Å²) in [6.45, 7) is 7.69. The molecule has 0 unspecified atom stereocenters. The Hall–Kier alpha value is -4.09. The molecule has 1 atom stereocenters. The van der Waals surface area contributed by atoms with E-state index in [1.807, 2.05) is 18.2 Å². The Morgan fingerprint density at radius 3 is 2.38 bits per heavy atom. The molecule has 2 aromatic carbocycles. The van der Waals surface area contributed by atoms with Crippen molar-refractivity contribution in [2.24, 2.45) is 0 Å². The van der Waals surface area contributed by atoms with E-state index in [-0.39, 0.29) is 12.1 Å². The first-order valence-corrected chi connectivity index (χ1v) is 13.5. The Bertz CT molecular complexity index is 1510. The van der Waals surface area contributed by atoms with Crippen LogP contribution < -0.4 is 16.0 Å². The number of aliphatic hydroxyl groups is 1. The monoisotopic (exact) mass is 565 g/mol. The van der Waals surface area contributed by atoms with E-state index in [9.17, 15) is 19.1 Å². The number of amides is 1. The maximum Gasteiger partial charge on any atom is 0.338 e. The number of alkyl halides is 1. The van der Waals surface area contributed by atoms with Crippen molar-refractivity contribution in [2.45, 2.75) is 52.0 Å². The lowest BCUT2D eigenvalue weighted by Crippen LogP contribution is -2.42. The van der Waals surface area contributed by atoms with Crippen LogP contribution in [0.5, 0.6) is 0 Å². The number of halogens is 1. The molecule has 2 aromatic heterocycles. The van der Waals surface area contributed by atoms with Crippen LogP contribution in [0.2, 0.25) is 0 Å². The first kappa shape index (κ1) is 28.9. The van der Waals surface area contributed by atoms with E-state index >= 15 is 0 Å². The summed E-state index contributed by atoms with van der Waals surface area (Å²) in [5.74, 6) is -0.543. The van der Waals surface area contributed by atoms with Crippen molar-refractivity contribution in [1.82, 2.24) is 15.3 Å². The molecule has 0 spiro atoms. The SMILES string of the molecule is CC(C)(C)OC(=O)c1ccc(Nc2cc(Nc3ccc4ncsc4c3)ncc2C(=O)NC[C@@H](F)C(C)(C)O)cc1. The summed E-state index contributed by atoms with van der Waals surface area (Å²) >= 11 is 1.52. The normalized spacial score (nSPS) is 12.6. The Morgan fingerprint density at radius 2 is 1.70 bits per heavy atom. The third-order valence-corrected chi connectivity index (χ3v) is 6.55. The van der Waals surface area contributed by atoms with Crippen LogP contribution in [0.15, 0.2) is 60.2 Å². The maximum absolute atomic E-state index is 14.3. The smallest absolute Gasteiger partial charge is 0.338 e. The van der Waals surface area contributed by atoms with Crippen LogP contribution in [0, 0.1) is 0 Å². The number of nitrogens with zero attached hydrogens (tertiary/aromatic N) is 2. The Kier molecular flexibility index (Phi) is 8.36. The number of pyridine rings is 1. The fourth-order valence-electron chi connectivity index (χ4n) is 3.60. The molecule has 4 aromatic rings. The van der Waals surface area contributed by atoms with Crippen LogP contribution in [-0.2, 0) is 4.74 Å². The molecule has 9 nitrogen and oxygen atoms in total. The van der Waals surface area contributed by atoms with Gasteiger partial charge in [0.25, 0.3) is 5.91 Å². The van der Waals surface area contributed by atoms with Gasteiger partial charge in [-0.3, -0.25) is 4.79 Å². The van der Waals surface area contributed by atoms with Crippen molar-refractivity contribution in [1.29, 1.82) is 0 Å². The molecule has 1 amide bonds. The summed E-state index contributed by atoms with van der Waals surface area (Å²) in [6.07, 6.45) is -0.277. The molecule has 2 heterocycles. The van der Waals surface area contributed by atoms with Crippen molar-refractivity contribution >= 4 is 56.3 Å². The second-order valence-corrected chi connectivity index (χ2v) is 11.7. The van der Waals surface area contributed by atoms with Gasteiger partial charge in [-0.05, 0) is 77.1 Å². The fraction of sp³-hybridized carbons (Fsp3) is 0.310. The van der Waals surface area contributed by atoms with Gasteiger partial charge in [0.15, 0.2) is 0 Å². The molecule has 11 heteroatoms. The summed E-state index contributed by atoms with van der Waals surface area (Å²) in [6, 6.07) is 14.0. The van der Waals surface area contributed by atoms with E-state index in [0.29, 0.717) is 22.8 Å². The van der Waals surface area contributed by atoms with Crippen molar-refractivity contribution in [3.05, 3.63) is 71.4 Å². The topological polar surface area (TPSA) is 125 Å². The summed E-state index contributed by atoms with van der Waals surface area (Å²) in [4.78, 5) is 34.1. The van der Waals surface area contributed by atoms with Crippen LogP contribution in [0.25, 0.3) is 10.2 Å². The third-order valence-electron chi connectivity index (χ3n) is 5.76. The zero-order valence-electron chi connectivity index (χ0n) is 22.9. The standard InChI is InChI=1S/C29H32FN5O4S/c1-28(2,3)39-27(37)17-6-8-18(9-7-17)34-22-13-25(35-19-10-11-21-23(12-19)40-16-33-21)31-14-20(22)26(36)32-15-24(30)29(4,5)38/h6-14,16,24,38H,15H2,1-5H3,(H,32,36)(H2,31,34,35)/t24-/m1/s1. The van der Waals surface area contributed by atoms with E-state index < -0.39 is 29.3 Å². The van der Waals surface area contributed by atoms with Crippen LogP contribution in [0.3, 0.4) is 0 Å².